The number of carbonyl (C=O) groups excluding carboxylic acids is 2. The molecule has 0 unspecified atom stereocenters. The molecule has 2 amide bonds. The summed E-state index contributed by atoms with van der Waals surface area (Å²) in [5.41, 5.74) is 3.20. The van der Waals surface area contributed by atoms with Gasteiger partial charge in [0.25, 0.3) is 5.91 Å². The molecule has 0 saturated carbocycles. The van der Waals surface area contributed by atoms with Crippen LogP contribution in [0.2, 0.25) is 0 Å². The quantitative estimate of drug-likeness (QED) is 0.635. The zero-order chi connectivity index (χ0) is 21.6. The van der Waals surface area contributed by atoms with Crippen LogP contribution in [0.4, 0.5) is 0 Å². The van der Waals surface area contributed by atoms with E-state index in [0.29, 0.717) is 12.3 Å². The van der Waals surface area contributed by atoms with Crippen molar-refractivity contribution in [2.24, 2.45) is 0 Å². The molecule has 5 nitrogen and oxygen atoms in total. The van der Waals surface area contributed by atoms with Crippen LogP contribution in [0.3, 0.4) is 0 Å². The number of nitrogens with one attached hydrogen (secondary N) is 1. The van der Waals surface area contributed by atoms with Crippen LogP contribution in [0.15, 0.2) is 46.9 Å². The van der Waals surface area contributed by atoms with Gasteiger partial charge in [-0.15, -0.1) is 0 Å². The van der Waals surface area contributed by atoms with Gasteiger partial charge in [-0.3, -0.25) is 9.59 Å². The smallest absolute Gasteiger partial charge is 0.261 e. The Balaban J connectivity index is 2.16. The number of ether oxygens (including phenoxy) is 1. The minimum atomic E-state index is -0.618. The predicted octanol–water partition coefficient (Wildman–Crippen LogP) is 4.39. The van der Waals surface area contributed by atoms with Gasteiger partial charge in [-0.05, 0) is 75.6 Å². The maximum Gasteiger partial charge on any atom is 0.261 e. The van der Waals surface area contributed by atoms with Gasteiger partial charge in [-0.1, -0.05) is 34.1 Å². The first-order valence-corrected chi connectivity index (χ1v) is 10.5. The third kappa shape index (κ3) is 6.89. The molecule has 156 valence electrons. The molecule has 0 aliphatic heterocycles. The van der Waals surface area contributed by atoms with Gasteiger partial charge in [-0.2, -0.15) is 0 Å². The highest BCUT2D eigenvalue weighted by Gasteiger charge is 2.27. The Morgan fingerprint density at radius 3 is 2.41 bits per heavy atom. The number of hydrogen-bond acceptors (Lipinski definition) is 3. The lowest BCUT2D eigenvalue weighted by Crippen LogP contribution is -2.50. The van der Waals surface area contributed by atoms with Crippen LogP contribution in [0.5, 0.6) is 5.75 Å². The fourth-order valence-corrected chi connectivity index (χ4v) is 3.30. The highest BCUT2D eigenvalue weighted by Crippen LogP contribution is 2.18. The lowest BCUT2D eigenvalue weighted by atomic mass is 10.1. The van der Waals surface area contributed by atoms with Gasteiger partial charge in [0.05, 0.1) is 0 Å². The molecule has 6 heteroatoms. The molecule has 1 atom stereocenters. The first-order valence-electron chi connectivity index (χ1n) is 9.71. The van der Waals surface area contributed by atoms with Crippen molar-refractivity contribution in [2.45, 2.75) is 53.2 Å². The highest BCUT2D eigenvalue weighted by molar-refractivity contribution is 9.10. The molecular formula is C23H29BrN2O3. The van der Waals surface area contributed by atoms with Crippen molar-refractivity contribution in [2.75, 3.05) is 6.61 Å². The zero-order valence-electron chi connectivity index (χ0n) is 17.7. The molecule has 0 aliphatic carbocycles. The van der Waals surface area contributed by atoms with Crippen molar-refractivity contribution in [3.05, 3.63) is 63.6 Å². The van der Waals surface area contributed by atoms with E-state index in [0.717, 1.165) is 15.6 Å². The van der Waals surface area contributed by atoms with Crippen molar-refractivity contribution >= 4 is 27.7 Å². The fourth-order valence-electron chi connectivity index (χ4n) is 2.85. The van der Waals surface area contributed by atoms with Crippen LogP contribution in [0.1, 0.15) is 37.5 Å². The van der Waals surface area contributed by atoms with E-state index in [9.17, 15) is 9.59 Å². The summed E-state index contributed by atoms with van der Waals surface area (Å²) in [6.45, 7) is 9.75. The summed E-state index contributed by atoms with van der Waals surface area (Å²) < 4.78 is 6.65. The Hall–Kier alpha value is -2.34. The fraction of sp³-hybridized carbons (Fsp3) is 0.391. The lowest BCUT2D eigenvalue weighted by Gasteiger charge is -2.29. The van der Waals surface area contributed by atoms with Gasteiger partial charge in [0.2, 0.25) is 5.91 Å². The number of carbonyl (C=O) groups is 2. The molecule has 0 spiro atoms. The van der Waals surface area contributed by atoms with Gasteiger partial charge in [0.1, 0.15) is 11.8 Å². The molecule has 2 aromatic carbocycles. The second-order valence-electron chi connectivity index (χ2n) is 7.53. The molecule has 0 aromatic heterocycles. The molecule has 0 fully saturated rings. The van der Waals surface area contributed by atoms with Crippen molar-refractivity contribution in [3.8, 4) is 5.75 Å². The molecule has 0 heterocycles. The first-order chi connectivity index (χ1) is 13.7. The van der Waals surface area contributed by atoms with Gasteiger partial charge < -0.3 is 15.0 Å². The van der Waals surface area contributed by atoms with Crippen LogP contribution in [0, 0.1) is 13.8 Å². The van der Waals surface area contributed by atoms with Crippen molar-refractivity contribution in [1.29, 1.82) is 0 Å². The standard InChI is InChI=1S/C23H29BrN2O3/c1-15(2)25-23(28)18(5)26(13-19-7-6-8-20(24)12-19)22(27)14-29-21-10-9-16(3)17(4)11-21/h6-12,15,18H,13-14H2,1-5H3,(H,25,28)/t18-/m1/s1. The summed E-state index contributed by atoms with van der Waals surface area (Å²) in [5.74, 6) is 0.215. The lowest BCUT2D eigenvalue weighted by molar-refractivity contribution is -0.142. The van der Waals surface area contributed by atoms with Crippen molar-refractivity contribution in [1.82, 2.24) is 10.2 Å². The van der Waals surface area contributed by atoms with E-state index < -0.39 is 6.04 Å². The molecular weight excluding hydrogens is 432 g/mol. The second-order valence-corrected chi connectivity index (χ2v) is 8.44. The minimum Gasteiger partial charge on any atom is -0.484 e. The maximum absolute atomic E-state index is 13.0. The molecule has 0 radical (unpaired) electrons. The summed E-state index contributed by atoms with van der Waals surface area (Å²) in [6.07, 6.45) is 0. The SMILES string of the molecule is Cc1ccc(OCC(=O)N(Cc2cccc(Br)c2)[C@H](C)C(=O)NC(C)C)cc1C. The van der Waals surface area contributed by atoms with E-state index in [1.165, 1.54) is 5.56 Å². The van der Waals surface area contributed by atoms with E-state index in [-0.39, 0.29) is 24.5 Å². The maximum atomic E-state index is 13.0. The summed E-state index contributed by atoms with van der Waals surface area (Å²) in [4.78, 5) is 27.1. The number of benzene rings is 2. The zero-order valence-corrected chi connectivity index (χ0v) is 19.2. The van der Waals surface area contributed by atoms with Crippen LogP contribution < -0.4 is 10.1 Å². The second kappa shape index (κ2) is 10.4. The van der Waals surface area contributed by atoms with Crippen LogP contribution in [0.25, 0.3) is 0 Å². The molecule has 29 heavy (non-hydrogen) atoms. The minimum absolute atomic E-state index is 0.000412. The average Bonchev–Trinajstić information content (AvgIpc) is 2.65. The molecule has 0 saturated heterocycles. The van der Waals surface area contributed by atoms with Crippen molar-refractivity contribution in [3.63, 3.8) is 0 Å². The molecule has 0 bridgehead atoms. The number of amides is 2. The van der Waals surface area contributed by atoms with Crippen molar-refractivity contribution < 1.29 is 14.3 Å². The summed E-state index contributed by atoms with van der Waals surface area (Å²) in [5, 5.41) is 2.88. The van der Waals surface area contributed by atoms with Gasteiger partial charge in [0.15, 0.2) is 6.61 Å². The van der Waals surface area contributed by atoms with Crippen LogP contribution in [-0.4, -0.2) is 35.4 Å². The van der Waals surface area contributed by atoms with E-state index in [1.807, 2.05) is 70.2 Å². The summed E-state index contributed by atoms with van der Waals surface area (Å²) >= 11 is 3.45. The Bertz CT molecular complexity index is 867. The van der Waals surface area contributed by atoms with E-state index in [2.05, 4.69) is 21.2 Å². The topological polar surface area (TPSA) is 58.6 Å². The normalized spacial score (nSPS) is 11.8. The van der Waals surface area contributed by atoms with E-state index in [4.69, 9.17) is 4.74 Å². The number of halogens is 1. The summed E-state index contributed by atoms with van der Waals surface area (Å²) in [7, 11) is 0. The number of rotatable bonds is 8. The van der Waals surface area contributed by atoms with Crippen LogP contribution in [-0.2, 0) is 16.1 Å². The monoisotopic (exact) mass is 460 g/mol. The number of hydrogen-bond donors (Lipinski definition) is 1. The Morgan fingerprint density at radius 2 is 1.79 bits per heavy atom. The Labute approximate surface area is 181 Å². The molecule has 2 aromatic rings. The molecule has 2 rings (SSSR count). The van der Waals surface area contributed by atoms with E-state index in [1.54, 1.807) is 11.8 Å². The van der Waals surface area contributed by atoms with Gasteiger partial charge >= 0.3 is 0 Å². The predicted molar refractivity (Wildman–Crippen MR) is 119 cm³/mol. The van der Waals surface area contributed by atoms with E-state index >= 15 is 0 Å². The van der Waals surface area contributed by atoms with Crippen LogP contribution >= 0.6 is 15.9 Å². The van der Waals surface area contributed by atoms with Gasteiger partial charge in [0, 0.05) is 17.1 Å². The third-order valence-electron chi connectivity index (χ3n) is 4.68. The molecule has 0 aliphatic rings. The molecule has 1 N–H and O–H groups in total. The largest absolute Gasteiger partial charge is 0.484 e. The Morgan fingerprint density at radius 1 is 1.07 bits per heavy atom. The summed E-state index contributed by atoms with van der Waals surface area (Å²) in [6, 6.07) is 12.8. The number of nitrogens with zero attached hydrogens (tertiary/aromatic N) is 1. The first kappa shape index (κ1) is 22.9. The average molecular weight is 461 g/mol. The van der Waals surface area contributed by atoms with Gasteiger partial charge in [-0.25, -0.2) is 0 Å². The highest BCUT2D eigenvalue weighted by atomic mass is 79.9. The Kier molecular flexibility index (Phi) is 8.26. The number of aryl methyl sites for hydroxylation is 2. The third-order valence-corrected chi connectivity index (χ3v) is 5.17.